The standard InChI is InChI=1S/C14H12Br2N2O2/c15-11-6-7-17-12(13(11)16)8-18-14(19)20-9-10-4-2-1-3-5-10/h1-7H,8-9H2,(H,18,19). The Labute approximate surface area is 133 Å². The maximum Gasteiger partial charge on any atom is 0.407 e. The van der Waals surface area contributed by atoms with Gasteiger partial charge in [-0.2, -0.15) is 0 Å². The van der Waals surface area contributed by atoms with Crippen LogP contribution in [0.25, 0.3) is 0 Å². The highest BCUT2D eigenvalue weighted by Gasteiger charge is 2.08. The van der Waals surface area contributed by atoms with Gasteiger partial charge in [-0.3, -0.25) is 4.98 Å². The zero-order chi connectivity index (χ0) is 14.4. The molecule has 0 saturated heterocycles. The van der Waals surface area contributed by atoms with Crippen molar-refractivity contribution < 1.29 is 9.53 Å². The van der Waals surface area contributed by atoms with Gasteiger partial charge >= 0.3 is 6.09 Å². The SMILES string of the molecule is O=C(NCc1nccc(Br)c1Br)OCc1ccccc1. The number of alkyl carbamates (subject to hydrolysis) is 1. The molecule has 20 heavy (non-hydrogen) atoms. The highest BCUT2D eigenvalue weighted by molar-refractivity contribution is 9.13. The van der Waals surface area contributed by atoms with Crippen LogP contribution in [-0.4, -0.2) is 11.1 Å². The number of hydrogen-bond donors (Lipinski definition) is 1. The van der Waals surface area contributed by atoms with Gasteiger partial charge < -0.3 is 10.1 Å². The molecular formula is C14H12Br2N2O2. The summed E-state index contributed by atoms with van der Waals surface area (Å²) in [7, 11) is 0. The van der Waals surface area contributed by atoms with E-state index in [4.69, 9.17) is 4.74 Å². The number of aromatic nitrogens is 1. The van der Waals surface area contributed by atoms with E-state index in [9.17, 15) is 4.79 Å². The monoisotopic (exact) mass is 398 g/mol. The molecule has 1 amide bonds. The second-order valence-corrected chi connectivity index (χ2v) is 5.62. The molecule has 0 radical (unpaired) electrons. The van der Waals surface area contributed by atoms with E-state index in [1.165, 1.54) is 0 Å². The summed E-state index contributed by atoms with van der Waals surface area (Å²) in [6.45, 7) is 0.549. The van der Waals surface area contributed by atoms with Crippen LogP contribution in [0.15, 0.2) is 51.5 Å². The molecule has 1 aromatic heterocycles. The lowest BCUT2D eigenvalue weighted by molar-refractivity contribution is 0.139. The van der Waals surface area contributed by atoms with Crippen LogP contribution < -0.4 is 5.32 Å². The molecule has 6 heteroatoms. The van der Waals surface area contributed by atoms with Gasteiger partial charge in [0.15, 0.2) is 0 Å². The fourth-order valence-corrected chi connectivity index (χ4v) is 2.24. The third-order valence-electron chi connectivity index (χ3n) is 2.53. The van der Waals surface area contributed by atoms with E-state index >= 15 is 0 Å². The maximum atomic E-state index is 11.6. The molecule has 0 aliphatic carbocycles. The van der Waals surface area contributed by atoms with Gasteiger partial charge in [0, 0.05) is 10.7 Å². The number of nitrogens with zero attached hydrogens (tertiary/aromatic N) is 1. The van der Waals surface area contributed by atoms with Crippen molar-refractivity contribution in [3.8, 4) is 0 Å². The second kappa shape index (κ2) is 7.40. The van der Waals surface area contributed by atoms with Crippen LogP contribution in [0.5, 0.6) is 0 Å². The first-order chi connectivity index (χ1) is 9.66. The average molecular weight is 400 g/mol. The lowest BCUT2D eigenvalue weighted by atomic mass is 10.2. The van der Waals surface area contributed by atoms with Gasteiger partial charge in [0.1, 0.15) is 6.61 Å². The Morgan fingerprint density at radius 1 is 1.20 bits per heavy atom. The molecule has 2 aromatic rings. The summed E-state index contributed by atoms with van der Waals surface area (Å²) < 4.78 is 6.83. The Morgan fingerprint density at radius 3 is 2.70 bits per heavy atom. The molecule has 0 saturated carbocycles. The summed E-state index contributed by atoms with van der Waals surface area (Å²) in [5, 5.41) is 2.66. The zero-order valence-electron chi connectivity index (χ0n) is 10.5. The summed E-state index contributed by atoms with van der Waals surface area (Å²) in [4.78, 5) is 15.8. The van der Waals surface area contributed by atoms with E-state index in [0.29, 0.717) is 6.54 Å². The quantitative estimate of drug-likeness (QED) is 0.844. The molecule has 0 aliphatic rings. The Morgan fingerprint density at radius 2 is 1.95 bits per heavy atom. The number of carbonyl (C=O) groups is 1. The molecule has 1 heterocycles. The summed E-state index contributed by atoms with van der Waals surface area (Å²) in [6, 6.07) is 11.3. The minimum absolute atomic E-state index is 0.250. The van der Waals surface area contributed by atoms with Crippen LogP contribution in [0.4, 0.5) is 4.79 Å². The third-order valence-corrected chi connectivity index (χ3v) is 4.60. The van der Waals surface area contributed by atoms with Crippen LogP contribution >= 0.6 is 31.9 Å². The van der Waals surface area contributed by atoms with Crippen LogP contribution in [0, 0.1) is 0 Å². The van der Waals surface area contributed by atoms with Crippen molar-refractivity contribution in [2.75, 3.05) is 0 Å². The van der Waals surface area contributed by atoms with Crippen LogP contribution in [0.1, 0.15) is 11.3 Å². The molecule has 104 valence electrons. The normalized spacial score (nSPS) is 10.1. The van der Waals surface area contributed by atoms with Gasteiger partial charge in [0.05, 0.1) is 16.7 Å². The molecular weight excluding hydrogens is 388 g/mol. The number of amides is 1. The van der Waals surface area contributed by atoms with Crippen molar-refractivity contribution in [2.24, 2.45) is 0 Å². The smallest absolute Gasteiger partial charge is 0.407 e. The fraction of sp³-hybridized carbons (Fsp3) is 0.143. The van der Waals surface area contributed by atoms with Crippen LogP contribution in [0.3, 0.4) is 0 Å². The lowest BCUT2D eigenvalue weighted by Crippen LogP contribution is -2.24. The van der Waals surface area contributed by atoms with Gasteiger partial charge in [0.25, 0.3) is 0 Å². The van der Waals surface area contributed by atoms with Gasteiger partial charge in [-0.05, 0) is 43.5 Å². The summed E-state index contributed by atoms with van der Waals surface area (Å²) in [5.74, 6) is 0. The van der Waals surface area contributed by atoms with Crippen molar-refractivity contribution in [2.45, 2.75) is 13.2 Å². The van der Waals surface area contributed by atoms with E-state index in [0.717, 1.165) is 20.2 Å². The Balaban J connectivity index is 1.82. The average Bonchev–Trinajstić information content (AvgIpc) is 2.48. The number of halogens is 2. The highest BCUT2D eigenvalue weighted by Crippen LogP contribution is 2.24. The lowest BCUT2D eigenvalue weighted by Gasteiger charge is -2.08. The van der Waals surface area contributed by atoms with Gasteiger partial charge in [-0.15, -0.1) is 0 Å². The summed E-state index contributed by atoms with van der Waals surface area (Å²) >= 11 is 6.79. The number of pyridine rings is 1. The summed E-state index contributed by atoms with van der Waals surface area (Å²) in [6.07, 6.45) is 1.20. The van der Waals surface area contributed by atoms with E-state index in [1.54, 1.807) is 6.20 Å². The van der Waals surface area contributed by atoms with Crippen LogP contribution in [0.2, 0.25) is 0 Å². The van der Waals surface area contributed by atoms with Crippen molar-refractivity contribution in [1.82, 2.24) is 10.3 Å². The number of benzene rings is 1. The second-order valence-electron chi connectivity index (χ2n) is 3.97. The predicted octanol–water partition coefficient (Wildman–Crippen LogP) is 4.03. The minimum Gasteiger partial charge on any atom is -0.445 e. The third kappa shape index (κ3) is 4.31. The highest BCUT2D eigenvalue weighted by atomic mass is 79.9. The molecule has 0 fully saturated rings. The van der Waals surface area contributed by atoms with Crippen molar-refractivity contribution in [1.29, 1.82) is 0 Å². The van der Waals surface area contributed by atoms with E-state index in [1.807, 2.05) is 36.4 Å². The van der Waals surface area contributed by atoms with Gasteiger partial charge in [0.2, 0.25) is 0 Å². The topological polar surface area (TPSA) is 51.2 Å². The molecule has 0 bridgehead atoms. The summed E-state index contributed by atoms with van der Waals surface area (Å²) in [5.41, 5.74) is 1.68. The van der Waals surface area contributed by atoms with Crippen molar-refractivity contribution >= 4 is 38.0 Å². The number of nitrogens with one attached hydrogen (secondary N) is 1. The Hall–Kier alpha value is -1.40. The number of ether oxygens (including phenoxy) is 1. The maximum absolute atomic E-state index is 11.6. The molecule has 0 atom stereocenters. The van der Waals surface area contributed by atoms with Crippen molar-refractivity contribution in [3.05, 3.63) is 62.8 Å². The number of rotatable bonds is 4. The molecule has 4 nitrogen and oxygen atoms in total. The fourth-order valence-electron chi connectivity index (χ4n) is 1.51. The van der Waals surface area contributed by atoms with E-state index < -0.39 is 6.09 Å². The van der Waals surface area contributed by atoms with E-state index in [2.05, 4.69) is 42.2 Å². The van der Waals surface area contributed by atoms with Crippen LogP contribution in [-0.2, 0) is 17.9 Å². The van der Waals surface area contributed by atoms with Gasteiger partial charge in [-0.25, -0.2) is 4.79 Å². The Kier molecular flexibility index (Phi) is 5.55. The first kappa shape index (κ1) is 15.0. The largest absolute Gasteiger partial charge is 0.445 e. The van der Waals surface area contributed by atoms with E-state index in [-0.39, 0.29) is 6.61 Å². The number of hydrogen-bond acceptors (Lipinski definition) is 3. The first-order valence-corrected chi connectivity index (χ1v) is 7.49. The van der Waals surface area contributed by atoms with Crippen molar-refractivity contribution in [3.63, 3.8) is 0 Å². The first-order valence-electron chi connectivity index (χ1n) is 5.90. The van der Waals surface area contributed by atoms with Gasteiger partial charge in [-0.1, -0.05) is 30.3 Å². The molecule has 0 aliphatic heterocycles. The zero-order valence-corrected chi connectivity index (χ0v) is 13.6. The number of carbonyl (C=O) groups excluding carboxylic acids is 1. The molecule has 1 aromatic carbocycles. The Bertz CT molecular complexity index is 591. The predicted molar refractivity (Wildman–Crippen MR) is 83.1 cm³/mol. The molecule has 1 N–H and O–H groups in total. The molecule has 0 spiro atoms. The molecule has 0 unspecified atom stereocenters. The minimum atomic E-state index is -0.470. The molecule has 2 rings (SSSR count).